The smallest absolute Gasteiger partial charge is 0.338 e. The normalized spacial score (nSPS) is 15.5. The molecule has 0 amide bonds. The number of carbonyl (C=O) groups excluding carboxylic acids is 1. The number of para-hydroxylation sites is 2. The number of ether oxygens (including phenoxy) is 3. The lowest BCUT2D eigenvalue weighted by atomic mass is 9.94. The topological polar surface area (TPSA) is 94.9 Å². The van der Waals surface area contributed by atoms with Crippen LogP contribution in [0.5, 0.6) is 11.5 Å². The van der Waals surface area contributed by atoms with E-state index in [9.17, 15) is 9.59 Å². The number of fused-ring (bicyclic) bond motifs is 2. The predicted octanol–water partition coefficient (Wildman–Crippen LogP) is 3.69. The van der Waals surface area contributed by atoms with Crippen molar-refractivity contribution in [1.29, 1.82) is 0 Å². The zero-order valence-electron chi connectivity index (χ0n) is 21.0. The van der Waals surface area contributed by atoms with Gasteiger partial charge in [-0.3, -0.25) is 9.36 Å². The molecule has 2 aromatic carbocycles. The molecule has 5 rings (SSSR count). The molecule has 4 aromatic rings. The summed E-state index contributed by atoms with van der Waals surface area (Å²) in [5.74, 6) is 0.461. The molecule has 0 spiro atoms. The van der Waals surface area contributed by atoms with Crippen molar-refractivity contribution in [2.45, 2.75) is 26.8 Å². The van der Waals surface area contributed by atoms with Crippen molar-refractivity contribution in [2.75, 3.05) is 20.3 Å². The van der Waals surface area contributed by atoms with Crippen LogP contribution in [0.15, 0.2) is 69.7 Å². The van der Waals surface area contributed by atoms with E-state index in [1.807, 2.05) is 55.6 Å². The lowest BCUT2D eigenvalue weighted by Gasteiger charge is -2.26. The van der Waals surface area contributed by atoms with E-state index in [1.165, 1.54) is 11.3 Å². The third-order valence-electron chi connectivity index (χ3n) is 6.24. The van der Waals surface area contributed by atoms with Gasteiger partial charge in [0.2, 0.25) is 0 Å². The number of hydrogen-bond acceptors (Lipinski definition) is 7. The fourth-order valence-corrected chi connectivity index (χ4v) is 5.69. The lowest BCUT2D eigenvalue weighted by molar-refractivity contribution is -0.139. The average Bonchev–Trinajstić information content (AvgIpc) is 3.44. The summed E-state index contributed by atoms with van der Waals surface area (Å²) in [7, 11) is 1.56. The van der Waals surface area contributed by atoms with Gasteiger partial charge >= 0.3 is 5.97 Å². The molecule has 2 aromatic heterocycles. The van der Waals surface area contributed by atoms with Gasteiger partial charge in [0.25, 0.3) is 5.56 Å². The molecular weight excluding hydrogens is 490 g/mol. The van der Waals surface area contributed by atoms with Crippen LogP contribution >= 0.6 is 11.3 Å². The molecule has 1 N–H and O–H groups in total. The van der Waals surface area contributed by atoms with Crippen LogP contribution in [0, 0.1) is 0 Å². The summed E-state index contributed by atoms with van der Waals surface area (Å²) >= 11 is 1.28. The van der Waals surface area contributed by atoms with Gasteiger partial charge in [-0.15, -0.1) is 0 Å². The van der Waals surface area contributed by atoms with Gasteiger partial charge in [-0.25, -0.2) is 9.79 Å². The molecule has 1 aliphatic rings. The minimum Gasteiger partial charge on any atom is -0.493 e. The third-order valence-corrected chi connectivity index (χ3v) is 7.22. The van der Waals surface area contributed by atoms with Gasteiger partial charge < -0.3 is 19.2 Å². The Morgan fingerprint density at radius 2 is 1.97 bits per heavy atom. The van der Waals surface area contributed by atoms with Gasteiger partial charge in [-0.1, -0.05) is 41.7 Å². The maximum atomic E-state index is 13.9. The number of nitrogens with zero attached hydrogens (tertiary/aromatic N) is 2. The largest absolute Gasteiger partial charge is 0.493 e. The molecule has 37 heavy (non-hydrogen) atoms. The highest BCUT2D eigenvalue weighted by Gasteiger charge is 2.36. The fourth-order valence-electron chi connectivity index (χ4n) is 4.65. The number of allylic oxidation sites excluding steroid dienone is 1. The zero-order valence-corrected chi connectivity index (χ0v) is 21.8. The van der Waals surface area contributed by atoms with Crippen LogP contribution in [0.25, 0.3) is 17.0 Å². The van der Waals surface area contributed by atoms with E-state index in [1.54, 1.807) is 31.6 Å². The molecule has 0 bridgehead atoms. The summed E-state index contributed by atoms with van der Waals surface area (Å²) < 4.78 is 19.0. The van der Waals surface area contributed by atoms with Gasteiger partial charge in [-0.05, 0) is 39.0 Å². The number of benzene rings is 2. The summed E-state index contributed by atoms with van der Waals surface area (Å²) in [6.45, 7) is 5.96. The second-order valence-corrected chi connectivity index (χ2v) is 9.41. The minimum absolute atomic E-state index is 0.198. The number of methoxy groups -OCH3 is 1. The minimum atomic E-state index is -0.794. The highest BCUT2D eigenvalue weighted by atomic mass is 32.1. The van der Waals surface area contributed by atoms with Crippen molar-refractivity contribution in [3.8, 4) is 11.5 Å². The average molecular weight is 518 g/mol. The maximum Gasteiger partial charge on any atom is 0.338 e. The van der Waals surface area contributed by atoms with Crippen molar-refractivity contribution in [3.63, 3.8) is 0 Å². The first-order valence-electron chi connectivity index (χ1n) is 12.0. The Hall–Kier alpha value is -4.11. The summed E-state index contributed by atoms with van der Waals surface area (Å²) in [6, 6.07) is 12.6. The number of esters is 1. The summed E-state index contributed by atoms with van der Waals surface area (Å²) in [6.07, 6.45) is 3.74. The third kappa shape index (κ3) is 4.25. The Kier molecular flexibility index (Phi) is 6.71. The van der Waals surface area contributed by atoms with Crippen LogP contribution < -0.4 is 24.4 Å². The summed E-state index contributed by atoms with van der Waals surface area (Å²) in [4.78, 5) is 35.5. The van der Waals surface area contributed by atoms with E-state index in [0.717, 1.165) is 16.5 Å². The van der Waals surface area contributed by atoms with E-state index < -0.39 is 12.0 Å². The van der Waals surface area contributed by atoms with Crippen molar-refractivity contribution in [1.82, 2.24) is 9.55 Å². The van der Waals surface area contributed by atoms with Crippen LogP contribution in [0.3, 0.4) is 0 Å². The molecule has 0 saturated carbocycles. The second kappa shape index (κ2) is 10.1. The molecule has 190 valence electrons. The van der Waals surface area contributed by atoms with Crippen LogP contribution in [-0.4, -0.2) is 35.8 Å². The van der Waals surface area contributed by atoms with E-state index in [4.69, 9.17) is 14.2 Å². The highest BCUT2D eigenvalue weighted by Crippen LogP contribution is 2.40. The van der Waals surface area contributed by atoms with Gasteiger partial charge in [0.1, 0.15) is 6.04 Å². The first kappa shape index (κ1) is 24.6. The van der Waals surface area contributed by atoms with Crippen LogP contribution in [0.4, 0.5) is 0 Å². The number of carbonyl (C=O) groups is 1. The van der Waals surface area contributed by atoms with Crippen molar-refractivity contribution in [3.05, 3.63) is 90.7 Å². The molecule has 8 nitrogen and oxygen atoms in total. The van der Waals surface area contributed by atoms with Gasteiger partial charge in [0, 0.05) is 28.2 Å². The van der Waals surface area contributed by atoms with Gasteiger partial charge in [0.05, 0.1) is 36.1 Å². The number of aromatic amines is 1. The number of thiazole rings is 1. The molecule has 0 saturated heterocycles. The first-order chi connectivity index (χ1) is 18.0. The first-order valence-corrected chi connectivity index (χ1v) is 12.9. The van der Waals surface area contributed by atoms with E-state index in [2.05, 4.69) is 9.98 Å². The molecule has 9 heteroatoms. The number of aromatic nitrogens is 2. The van der Waals surface area contributed by atoms with Crippen LogP contribution in [0.1, 0.15) is 37.9 Å². The van der Waals surface area contributed by atoms with Gasteiger partial charge in [0.15, 0.2) is 16.3 Å². The number of nitrogens with one attached hydrogen (secondary N) is 1. The Bertz CT molecular complexity index is 1710. The fraction of sp³-hybridized carbons (Fsp3) is 0.250. The van der Waals surface area contributed by atoms with E-state index >= 15 is 0 Å². The monoisotopic (exact) mass is 517 g/mol. The van der Waals surface area contributed by atoms with Crippen molar-refractivity contribution >= 4 is 34.3 Å². The Morgan fingerprint density at radius 3 is 2.73 bits per heavy atom. The molecule has 0 radical (unpaired) electrons. The van der Waals surface area contributed by atoms with Crippen molar-refractivity contribution < 1.29 is 19.0 Å². The molecule has 0 unspecified atom stereocenters. The van der Waals surface area contributed by atoms with Crippen LogP contribution in [0.2, 0.25) is 0 Å². The molecule has 1 aliphatic heterocycles. The predicted molar refractivity (Wildman–Crippen MR) is 143 cm³/mol. The Labute approximate surface area is 217 Å². The Morgan fingerprint density at radius 1 is 1.16 bits per heavy atom. The number of H-pyrrole nitrogens is 1. The highest BCUT2D eigenvalue weighted by molar-refractivity contribution is 7.07. The number of rotatable bonds is 7. The Balaban J connectivity index is 1.78. The standard InChI is InChI=1S/C28H27N3O5S/c1-5-35-25-19(11-9-13-21(25)34-4)24-23(27(33)36-6-2)16(3)30-28-31(24)26(32)22(37-28)14-17-15-29-20-12-8-7-10-18(17)20/h7-15,24,29H,5-6H2,1-4H3/b22-14+/t24-/m0/s1. The lowest BCUT2D eigenvalue weighted by Crippen LogP contribution is -2.40. The van der Waals surface area contributed by atoms with E-state index in [-0.39, 0.29) is 12.2 Å². The number of hydrogen-bond donors (Lipinski definition) is 1. The zero-order chi connectivity index (χ0) is 26.1. The summed E-state index contributed by atoms with van der Waals surface area (Å²) in [5, 5.41) is 1.01. The molecule has 3 heterocycles. The quantitative estimate of drug-likeness (QED) is 0.378. The molecule has 0 aliphatic carbocycles. The van der Waals surface area contributed by atoms with Crippen molar-refractivity contribution in [2.24, 2.45) is 4.99 Å². The maximum absolute atomic E-state index is 13.9. The summed E-state index contributed by atoms with van der Waals surface area (Å²) in [5.41, 5.74) is 3.04. The molecule has 1 atom stereocenters. The molecule has 0 fully saturated rings. The van der Waals surface area contributed by atoms with Crippen LogP contribution in [-0.2, 0) is 9.53 Å². The molecular formula is C28H27N3O5S. The second-order valence-electron chi connectivity index (χ2n) is 8.40. The van der Waals surface area contributed by atoms with Gasteiger partial charge in [-0.2, -0.15) is 0 Å². The SMILES string of the molecule is CCOC(=O)C1=C(C)N=c2s/c(=C/c3c[nH]c4ccccc34)c(=O)n2[C@H]1c1cccc(OC)c1OCC. The van der Waals surface area contributed by atoms with E-state index in [0.29, 0.717) is 44.3 Å².